The molecule has 0 N–H and O–H groups in total. The molecule has 0 heterocycles. The van der Waals surface area contributed by atoms with Crippen molar-refractivity contribution >= 4 is 53.5 Å². The zero-order valence-corrected chi connectivity index (χ0v) is 33.9. The summed E-state index contributed by atoms with van der Waals surface area (Å²) in [5, 5.41) is 0. The van der Waals surface area contributed by atoms with Crippen molar-refractivity contribution in [2.24, 2.45) is 0 Å². The van der Waals surface area contributed by atoms with Gasteiger partial charge >= 0.3 is 0 Å². The van der Waals surface area contributed by atoms with E-state index in [9.17, 15) is 0 Å². The lowest BCUT2D eigenvalue weighted by atomic mass is 10.0. The molecule has 0 atom stereocenters. The molecule has 9 rings (SSSR count). The molecular weight excluding hydrogens is 735 g/mol. The second kappa shape index (κ2) is 18.7. The Labute approximate surface area is 360 Å². The van der Waals surface area contributed by atoms with Crippen LogP contribution >= 0.6 is 0 Å². The Kier molecular flexibility index (Phi) is 11.8. The average Bonchev–Trinajstić information content (AvgIpc) is 3.34. The van der Waals surface area contributed by atoms with E-state index in [1.54, 1.807) is 0 Å². The van der Waals surface area contributed by atoms with Crippen LogP contribution in [-0.4, -0.2) is 0 Å². The van der Waals surface area contributed by atoms with E-state index in [1.807, 2.05) is 0 Å². The molecule has 0 aromatic heterocycles. The van der Waals surface area contributed by atoms with Gasteiger partial charge in [-0.2, -0.15) is 0 Å². The van der Waals surface area contributed by atoms with Crippen molar-refractivity contribution in [1.29, 1.82) is 0 Å². The Hall–Kier alpha value is -8.00. The number of hydrogen-bond donors (Lipinski definition) is 0. The quantitative estimate of drug-likeness (QED) is 0.112. The largest absolute Gasteiger partial charge is 0.311 e. The van der Waals surface area contributed by atoms with Crippen LogP contribution in [0, 0.1) is 0 Å². The summed E-state index contributed by atoms with van der Waals surface area (Å²) in [6, 6.07) is 84.1. The first kappa shape index (κ1) is 38.5. The van der Waals surface area contributed by atoms with E-state index in [0.29, 0.717) is 0 Å². The first-order valence-electron chi connectivity index (χ1n) is 20.8. The lowest BCUT2D eigenvalue weighted by Gasteiger charge is -2.26. The van der Waals surface area contributed by atoms with Gasteiger partial charge in [0, 0.05) is 17.1 Å². The van der Waals surface area contributed by atoms with Crippen molar-refractivity contribution in [3.05, 3.63) is 270 Å². The summed E-state index contributed by atoms with van der Waals surface area (Å²) < 4.78 is 0. The van der Waals surface area contributed by atoms with Crippen molar-refractivity contribution in [2.45, 2.75) is 0 Å². The van der Waals surface area contributed by atoms with Crippen molar-refractivity contribution in [3.8, 4) is 33.4 Å². The Balaban J connectivity index is 0.939. The van der Waals surface area contributed by atoms with Crippen LogP contribution < -0.4 is 4.90 Å². The second-order valence-electron chi connectivity index (χ2n) is 15.1. The van der Waals surface area contributed by atoms with E-state index in [2.05, 4.69) is 278 Å². The second-order valence-corrected chi connectivity index (χ2v) is 15.1. The van der Waals surface area contributed by atoms with Gasteiger partial charge in [-0.3, -0.25) is 0 Å². The van der Waals surface area contributed by atoms with Gasteiger partial charge in [-0.25, -0.2) is 0 Å². The maximum Gasteiger partial charge on any atom is 0.0462 e. The van der Waals surface area contributed by atoms with Crippen LogP contribution in [-0.2, 0) is 0 Å². The standard InChI is InChI=1S/C60H45N/c1-4-10-52(11-5-1)55-34-22-46(23-35-55)16-19-49-28-40-58(41-29-49)61(59-42-30-50(31-43-59)20-17-47-24-36-56(37-25-47)53-12-6-2-7-13-53)60-44-32-51(33-45-60)21-18-48-26-38-57(39-27-48)54-14-8-3-9-15-54/h1-45H/b19-16+,20-17+,21-18+. The Bertz CT molecular complexity index is 2530. The van der Waals surface area contributed by atoms with Crippen molar-refractivity contribution in [3.63, 3.8) is 0 Å². The molecule has 1 nitrogen and oxygen atoms in total. The summed E-state index contributed by atoms with van der Waals surface area (Å²) in [4.78, 5) is 2.32. The Morgan fingerprint density at radius 2 is 0.361 bits per heavy atom. The molecule has 1 heteroatoms. The van der Waals surface area contributed by atoms with Gasteiger partial charge in [-0.15, -0.1) is 0 Å². The van der Waals surface area contributed by atoms with Crippen molar-refractivity contribution in [1.82, 2.24) is 0 Å². The third kappa shape index (κ3) is 9.83. The van der Waals surface area contributed by atoms with Gasteiger partial charge < -0.3 is 4.90 Å². The maximum absolute atomic E-state index is 2.32. The molecule has 0 bridgehead atoms. The van der Waals surface area contributed by atoms with Crippen LogP contribution in [0.5, 0.6) is 0 Å². The maximum atomic E-state index is 2.32. The highest BCUT2D eigenvalue weighted by Crippen LogP contribution is 2.36. The minimum absolute atomic E-state index is 1.09. The van der Waals surface area contributed by atoms with Gasteiger partial charge in [0.05, 0.1) is 0 Å². The summed E-state index contributed by atoms with van der Waals surface area (Å²) in [6.07, 6.45) is 13.1. The normalized spacial score (nSPS) is 11.4. The van der Waals surface area contributed by atoms with Gasteiger partial charge in [0.2, 0.25) is 0 Å². The monoisotopic (exact) mass is 779 g/mol. The van der Waals surface area contributed by atoms with Crippen LogP contribution in [0.25, 0.3) is 69.8 Å². The van der Waals surface area contributed by atoms with Gasteiger partial charge in [0.25, 0.3) is 0 Å². The first-order chi connectivity index (χ1) is 30.2. The predicted molar refractivity (Wildman–Crippen MR) is 264 cm³/mol. The topological polar surface area (TPSA) is 3.24 Å². The fraction of sp³-hybridized carbons (Fsp3) is 0. The zero-order valence-electron chi connectivity index (χ0n) is 33.9. The zero-order chi connectivity index (χ0) is 41.1. The molecule has 0 spiro atoms. The van der Waals surface area contributed by atoms with Gasteiger partial charge in [0.1, 0.15) is 0 Å². The van der Waals surface area contributed by atoms with Crippen molar-refractivity contribution in [2.75, 3.05) is 4.90 Å². The molecule has 0 unspecified atom stereocenters. The molecular formula is C60H45N. The van der Waals surface area contributed by atoms with E-state index in [4.69, 9.17) is 0 Å². The van der Waals surface area contributed by atoms with E-state index in [-0.39, 0.29) is 0 Å². The third-order valence-electron chi connectivity index (χ3n) is 10.9. The molecule has 0 fully saturated rings. The molecule has 0 amide bonds. The molecule has 290 valence electrons. The number of benzene rings is 9. The number of rotatable bonds is 12. The Morgan fingerprint density at radius 1 is 0.180 bits per heavy atom. The predicted octanol–water partition coefficient (Wildman–Crippen LogP) is 16.7. The van der Waals surface area contributed by atoms with Gasteiger partial charge in [-0.05, 0) is 103 Å². The highest BCUT2D eigenvalue weighted by atomic mass is 15.1. The lowest BCUT2D eigenvalue weighted by molar-refractivity contribution is 1.28. The number of hydrogen-bond acceptors (Lipinski definition) is 1. The number of anilines is 3. The molecule has 9 aromatic rings. The van der Waals surface area contributed by atoms with Crippen LogP contribution in [0.15, 0.2) is 237 Å². The molecule has 0 aliphatic rings. The molecule has 61 heavy (non-hydrogen) atoms. The van der Waals surface area contributed by atoms with Gasteiger partial charge in [0.15, 0.2) is 0 Å². The third-order valence-corrected chi connectivity index (χ3v) is 10.9. The van der Waals surface area contributed by atoms with Gasteiger partial charge in [-0.1, -0.05) is 237 Å². The molecule has 0 aliphatic carbocycles. The SMILES string of the molecule is C(=C\c1ccc(N(c2ccc(/C=C/c3ccc(-c4ccccc4)cc3)cc2)c2ccc(/C=C/c3ccc(-c4ccccc4)cc3)cc2)cc1)/c1ccc(-c2ccccc2)cc1. The summed E-state index contributed by atoms with van der Waals surface area (Å²) in [5.41, 5.74) is 17.6. The van der Waals surface area contributed by atoms with E-state index in [0.717, 1.165) is 33.8 Å². The first-order valence-corrected chi connectivity index (χ1v) is 20.8. The lowest BCUT2D eigenvalue weighted by Crippen LogP contribution is -2.09. The minimum Gasteiger partial charge on any atom is -0.311 e. The van der Waals surface area contributed by atoms with Crippen LogP contribution in [0.3, 0.4) is 0 Å². The Morgan fingerprint density at radius 3 is 0.574 bits per heavy atom. The molecule has 0 aliphatic heterocycles. The average molecular weight is 780 g/mol. The van der Waals surface area contributed by atoms with Crippen LogP contribution in [0.1, 0.15) is 33.4 Å². The molecule has 9 aromatic carbocycles. The minimum atomic E-state index is 1.09. The summed E-state index contributed by atoms with van der Waals surface area (Å²) in [5.74, 6) is 0. The highest BCUT2D eigenvalue weighted by Gasteiger charge is 2.12. The van der Waals surface area contributed by atoms with Crippen LogP contribution in [0.4, 0.5) is 17.1 Å². The smallest absolute Gasteiger partial charge is 0.0462 e. The molecule has 0 saturated heterocycles. The van der Waals surface area contributed by atoms with E-state index >= 15 is 0 Å². The highest BCUT2D eigenvalue weighted by molar-refractivity contribution is 5.81. The summed E-state index contributed by atoms with van der Waals surface area (Å²) >= 11 is 0. The summed E-state index contributed by atoms with van der Waals surface area (Å²) in [7, 11) is 0. The van der Waals surface area contributed by atoms with Crippen molar-refractivity contribution < 1.29 is 0 Å². The number of nitrogens with zero attached hydrogens (tertiary/aromatic N) is 1. The fourth-order valence-corrected chi connectivity index (χ4v) is 7.48. The van der Waals surface area contributed by atoms with E-state index in [1.165, 1.54) is 50.1 Å². The molecule has 0 radical (unpaired) electrons. The van der Waals surface area contributed by atoms with Crippen LogP contribution in [0.2, 0.25) is 0 Å². The molecule has 0 saturated carbocycles. The van der Waals surface area contributed by atoms with E-state index < -0.39 is 0 Å². The summed E-state index contributed by atoms with van der Waals surface area (Å²) in [6.45, 7) is 0. The fourth-order valence-electron chi connectivity index (χ4n) is 7.48.